The summed E-state index contributed by atoms with van der Waals surface area (Å²) in [6, 6.07) is 10.7. The maximum absolute atomic E-state index is 12.5. The molecule has 9 heteroatoms. The maximum Gasteiger partial charge on any atom is 0.303 e. The number of morpholine rings is 1. The average Bonchev–Trinajstić information content (AvgIpc) is 3.70. The van der Waals surface area contributed by atoms with E-state index in [1.54, 1.807) is 13.8 Å². The van der Waals surface area contributed by atoms with Crippen LogP contribution in [0.3, 0.4) is 0 Å². The Labute approximate surface area is 305 Å². The van der Waals surface area contributed by atoms with Crippen LogP contribution < -0.4 is 5.73 Å². The second-order valence-electron chi connectivity index (χ2n) is 19.5. The molecule has 4 N–H and O–H groups in total. The van der Waals surface area contributed by atoms with Gasteiger partial charge in [0.25, 0.3) is 0 Å². The number of nitrogens with two attached hydrogens (primary N) is 1. The van der Waals surface area contributed by atoms with Gasteiger partial charge in [-0.2, -0.15) is 0 Å². The molecule has 5 saturated carbocycles. The van der Waals surface area contributed by atoms with Crippen molar-refractivity contribution in [2.45, 2.75) is 154 Å². The number of nitrogens with zero attached hydrogens (tertiary/aromatic N) is 1. The number of aliphatic hydroxyl groups is 2. The maximum atomic E-state index is 12.5. The molecule has 7 fully saturated rings. The van der Waals surface area contributed by atoms with Crippen LogP contribution in [0.15, 0.2) is 30.3 Å². The van der Waals surface area contributed by atoms with Crippen molar-refractivity contribution < 1.29 is 34.0 Å². The first-order valence-electron chi connectivity index (χ1n) is 20.0. The molecule has 0 amide bonds. The Bertz CT molecular complexity index is 1480. The number of carbonyl (C=O) groups is 1. The SMILES string of the molecule is CC(=O)O[C@@H](C1C[C@@H](C)[C@H]2C(O1)[C@H](O)[C@@]1(N)C3CC[C@H]4C(C)(C)[C@@H](O[C@H]5CN(Cc6ccccc6)CCO5)CCC45CC35CC[C@]21C)C(C)(C)O. The third-order valence-corrected chi connectivity index (χ3v) is 16.3. The van der Waals surface area contributed by atoms with Crippen molar-refractivity contribution in [1.29, 1.82) is 0 Å². The Morgan fingerprint density at radius 1 is 1.08 bits per heavy atom. The average molecular weight is 709 g/mol. The van der Waals surface area contributed by atoms with Gasteiger partial charge in [0, 0.05) is 26.6 Å². The molecule has 1 aromatic rings. The Morgan fingerprint density at radius 3 is 2.49 bits per heavy atom. The summed E-state index contributed by atoms with van der Waals surface area (Å²) in [4.78, 5) is 14.6. The Kier molecular flexibility index (Phi) is 8.71. The molecule has 9 nitrogen and oxygen atoms in total. The van der Waals surface area contributed by atoms with Crippen molar-refractivity contribution in [2.75, 3.05) is 19.7 Å². The van der Waals surface area contributed by atoms with Gasteiger partial charge in [-0.15, -0.1) is 0 Å². The summed E-state index contributed by atoms with van der Waals surface area (Å²) in [5.74, 6) is 0.592. The monoisotopic (exact) mass is 708 g/mol. The Balaban J connectivity index is 1.00. The number of aliphatic hydroxyl groups excluding tert-OH is 1. The Morgan fingerprint density at radius 2 is 1.78 bits per heavy atom. The van der Waals surface area contributed by atoms with E-state index in [1.165, 1.54) is 18.9 Å². The molecule has 2 spiro atoms. The van der Waals surface area contributed by atoms with Crippen molar-refractivity contribution in [1.82, 2.24) is 4.90 Å². The molecule has 284 valence electrons. The second kappa shape index (κ2) is 12.2. The van der Waals surface area contributed by atoms with Crippen LogP contribution >= 0.6 is 0 Å². The molecule has 1 aromatic carbocycles. The third-order valence-electron chi connectivity index (χ3n) is 16.3. The van der Waals surface area contributed by atoms with Crippen LogP contribution in [0.5, 0.6) is 0 Å². The van der Waals surface area contributed by atoms with E-state index in [2.05, 4.69) is 62.9 Å². The number of benzene rings is 1. The molecule has 0 radical (unpaired) electrons. The van der Waals surface area contributed by atoms with Gasteiger partial charge in [0.2, 0.25) is 0 Å². The van der Waals surface area contributed by atoms with E-state index in [9.17, 15) is 15.0 Å². The van der Waals surface area contributed by atoms with Crippen LogP contribution in [0.25, 0.3) is 0 Å². The molecule has 8 rings (SSSR count). The fraction of sp³-hybridized carbons (Fsp3) is 0.833. The fourth-order valence-corrected chi connectivity index (χ4v) is 14.2. The van der Waals surface area contributed by atoms with Crippen LogP contribution in [0, 0.1) is 45.3 Å². The normalized spacial score (nSPS) is 47.9. The summed E-state index contributed by atoms with van der Waals surface area (Å²) < 4.78 is 25.7. The van der Waals surface area contributed by atoms with Gasteiger partial charge in [-0.1, -0.05) is 58.0 Å². The topological polar surface area (TPSA) is 124 Å². The molecule has 2 aliphatic heterocycles. The number of rotatable bonds is 7. The van der Waals surface area contributed by atoms with E-state index >= 15 is 0 Å². The fourth-order valence-electron chi connectivity index (χ4n) is 14.2. The lowest BCUT2D eigenvalue weighted by atomic mass is 9.43. The van der Waals surface area contributed by atoms with Crippen molar-refractivity contribution in [3.05, 3.63) is 35.9 Å². The van der Waals surface area contributed by atoms with Crippen LogP contribution in [0.4, 0.5) is 0 Å². The highest BCUT2D eigenvalue weighted by molar-refractivity contribution is 5.66. The van der Waals surface area contributed by atoms with Gasteiger partial charge in [-0.3, -0.25) is 9.69 Å². The molecule has 14 atom stereocenters. The summed E-state index contributed by atoms with van der Waals surface area (Å²) in [6.45, 7) is 17.5. The van der Waals surface area contributed by atoms with Crippen LogP contribution in [0.1, 0.15) is 105 Å². The number of fused-ring (bicyclic) bond motifs is 4. The number of hydrogen-bond donors (Lipinski definition) is 3. The first-order chi connectivity index (χ1) is 24.0. The van der Waals surface area contributed by atoms with Crippen LogP contribution in [-0.2, 0) is 30.3 Å². The van der Waals surface area contributed by atoms with Gasteiger partial charge in [-0.05, 0) is 116 Å². The minimum atomic E-state index is -1.29. The van der Waals surface area contributed by atoms with Crippen LogP contribution in [0.2, 0.25) is 0 Å². The molecular formula is C42H64N2O7. The van der Waals surface area contributed by atoms with Gasteiger partial charge in [0.1, 0.15) is 0 Å². The number of carbonyl (C=O) groups excluding carboxylic acids is 1. The molecule has 0 bridgehead atoms. The molecule has 5 aliphatic carbocycles. The van der Waals surface area contributed by atoms with Crippen molar-refractivity contribution >= 4 is 5.97 Å². The second-order valence-corrected chi connectivity index (χ2v) is 19.5. The Hall–Kier alpha value is -1.59. The highest BCUT2D eigenvalue weighted by Crippen LogP contribution is 2.87. The van der Waals surface area contributed by atoms with Gasteiger partial charge < -0.3 is 34.9 Å². The van der Waals surface area contributed by atoms with Crippen molar-refractivity contribution in [3.63, 3.8) is 0 Å². The van der Waals surface area contributed by atoms with Crippen molar-refractivity contribution in [3.8, 4) is 0 Å². The van der Waals surface area contributed by atoms with Gasteiger partial charge >= 0.3 is 5.97 Å². The highest BCUT2D eigenvalue weighted by atomic mass is 16.7. The minimum Gasteiger partial charge on any atom is -0.457 e. The van der Waals surface area contributed by atoms with E-state index in [4.69, 9.17) is 24.7 Å². The smallest absolute Gasteiger partial charge is 0.303 e. The zero-order valence-corrected chi connectivity index (χ0v) is 32.1. The molecule has 51 heavy (non-hydrogen) atoms. The molecular weight excluding hydrogens is 644 g/mol. The molecule has 2 saturated heterocycles. The quantitative estimate of drug-likeness (QED) is 0.318. The molecule has 5 unspecified atom stereocenters. The molecule has 0 aromatic heterocycles. The summed E-state index contributed by atoms with van der Waals surface area (Å²) >= 11 is 0. The zero-order valence-electron chi connectivity index (χ0n) is 32.1. The predicted molar refractivity (Wildman–Crippen MR) is 193 cm³/mol. The van der Waals surface area contributed by atoms with E-state index in [-0.39, 0.29) is 51.8 Å². The summed E-state index contributed by atoms with van der Waals surface area (Å²) in [5, 5.41) is 23.5. The first kappa shape index (κ1) is 36.4. The summed E-state index contributed by atoms with van der Waals surface area (Å²) in [7, 11) is 0. The van der Waals surface area contributed by atoms with Gasteiger partial charge in [0.15, 0.2) is 12.4 Å². The summed E-state index contributed by atoms with van der Waals surface area (Å²) in [6.07, 6.45) is 5.53. The largest absolute Gasteiger partial charge is 0.457 e. The van der Waals surface area contributed by atoms with Gasteiger partial charge in [0.05, 0.1) is 42.2 Å². The lowest BCUT2D eigenvalue weighted by Gasteiger charge is -2.63. The van der Waals surface area contributed by atoms with Gasteiger partial charge in [-0.25, -0.2) is 0 Å². The third kappa shape index (κ3) is 5.29. The predicted octanol–water partition coefficient (Wildman–Crippen LogP) is 5.44. The highest BCUT2D eigenvalue weighted by Gasteiger charge is 2.85. The lowest BCUT2D eigenvalue weighted by Crippen LogP contribution is -2.70. The van der Waals surface area contributed by atoms with E-state index < -0.39 is 41.5 Å². The van der Waals surface area contributed by atoms with E-state index in [0.29, 0.717) is 18.9 Å². The molecule has 7 aliphatic rings. The number of hydrogen-bond acceptors (Lipinski definition) is 9. The van der Waals surface area contributed by atoms with Crippen molar-refractivity contribution in [2.24, 2.45) is 51.1 Å². The minimum absolute atomic E-state index is 0.00372. The van der Waals surface area contributed by atoms with Crippen LogP contribution in [-0.4, -0.2) is 88.7 Å². The summed E-state index contributed by atoms with van der Waals surface area (Å²) in [5.41, 5.74) is 7.15. The first-order valence-corrected chi connectivity index (χ1v) is 20.0. The number of ether oxygens (including phenoxy) is 4. The van der Waals surface area contributed by atoms with E-state index in [0.717, 1.165) is 58.2 Å². The zero-order chi connectivity index (χ0) is 36.4. The molecule has 2 heterocycles. The van der Waals surface area contributed by atoms with E-state index in [1.807, 2.05) is 0 Å². The lowest BCUT2D eigenvalue weighted by molar-refractivity contribution is -0.247. The standard InChI is InChI=1S/C42H64N2O7/c1-25-21-28(36(38(5,6)47)49-26(2)45)50-34-33(25)39(7)17-18-41-24-40(41)16-15-31(37(3,4)29(40)13-14-30(41)42(39,43)35(34)46)51-32-23-44(19-20-48-32)22-27-11-9-8-10-12-27/h8-12,25,28-36,46-47H,13-24,43H2,1-7H3/t25-,28?,29+,30?,31+,32+,33+,34?,35+,36+,39-,40?,41?,42+/m1/s1. The number of esters is 1.